The van der Waals surface area contributed by atoms with Crippen molar-refractivity contribution >= 4 is 41.3 Å². The Labute approximate surface area is 184 Å². The number of aromatic nitrogens is 1. The van der Waals surface area contributed by atoms with Gasteiger partial charge in [0, 0.05) is 11.4 Å². The molecule has 2 N–H and O–H groups in total. The van der Waals surface area contributed by atoms with Gasteiger partial charge in [0.1, 0.15) is 5.75 Å². The van der Waals surface area contributed by atoms with Crippen LogP contribution in [0.4, 0.5) is 0 Å². The molecule has 0 bridgehead atoms. The molecule has 1 heterocycles. The fourth-order valence-corrected chi connectivity index (χ4v) is 3.29. The highest BCUT2D eigenvalue weighted by atomic mass is 127. The molecule has 0 unspecified atom stereocenters. The summed E-state index contributed by atoms with van der Waals surface area (Å²) in [6.07, 6.45) is 0. The summed E-state index contributed by atoms with van der Waals surface area (Å²) in [5, 5.41) is 7.79. The molecule has 0 saturated heterocycles. The monoisotopic (exact) mass is 502 g/mol. The maximum absolute atomic E-state index is 5.80. The van der Waals surface area contributed by atoms with Crippen molar-refractivity contribution in [3.63, 3.8) is 0 Å². The van der Waals surface area contributed by atoms with E-state index in [1.54, 1.807) is 11.3 Å². The van der Waals surface area contributed by atoms with Gasteiger partial charge in [0.25, 0.3) is 0 Å². The second-order valence-corrected chi connectivity index (χ2v) is 7.93. The predicted octanol–water partition coefficient (Wildman–Crippen LogP) is 4.67. The molecule has 2 aromatic rings. The predicted molar refractivity (Wildman–Crippen MR) is 125 cm³/mol. The van der Waals surface area contributed by atoms with Gasteiger partial charge in [0.2, 0.25) is 0 Å². The number of nitrogens with zero attached hydrogens (tertiary/aromatic N) is 2. The van der Waals surface area contributed by atoms with E-state index in [-0.39, 0.29) is 24.0 Å². The quantitative estimate of drug-likeness (QED) is 0.313. The molecule has 0 atom stereocenters. The van der Waals surface area contributed by atoms with E-state index >= 15 is 0 Å². The molecule has 27 heavy (non-hydrogen) atoms. The van der Waals surface area contributed by atoms with Crippen molar-refractivity contribution in [3.8, 4) is 5.75 Å². The fourth-order valence-electron chi connectivity index (χ4n) is 2.41. The molecule has 0 spiro atoms. The fraction of sp³-hybridized carbons (Fsp3) is 0.500. The number of aryl methyl sites for hydroxylation is 2. The number of ether oxygens (including phenoxy) is 1. The number of benzene rings is 1. The second kappa shape index (κ2) is 12.2. The van der Waals surface area contributed by atoms with E-state index in [9.17, 15) is 0 Å². The van der Waals surface area contributed by atoms with E-state index in [4.69, 9.17) is 9.73 Å². The lowest BCUT2D eigenvalue weighted by atomic mass is 10.2. The lowest BCUT2D eigenvalue weighted by molar-refractivity contribution is 0.271. The maximum atomic E-state index is 5.80. The molecule has 150 valence electrons. The van der Waals surface area contributed by atoms with Crippen LogP contribution in [0, 0.1) is 19.8 Å². The van der Waals surface area contributed by atoms with E-state index in [0.717, 1.165) is 47.7 Å². The van der Waals surface area contributed by atoms with Crippen LogP contribution in [-0.2, 0) is 13.1 Å². The normalized spacial score (nSPS) is 11.3. The molecule has 7 heteroatoms. The van der Waals surface area contributed by atoms with E-state index in [1.807, 2.05) is 26.0 Å². The lowest BCUT2D eigenvalue weighted by Crippen LogP contribution is -2.36. The summed E-state index contributed by atoms with van der Waals surface area (Å²) in [5.74, 6) is 2.23. The lowest BCUT2D eigenvalue weighted by Gasteiger charge is -2.12. The van der Waals surface area contributed by atoms with Crippen molar-refractivity contribution in [1.29, 1.82) is 0 Å². The highest BCUT2D eigenvalue weighted by Crippen LogP contribution is 2.17. The summed E-state index contributed by atoms with van der Waals surface area (Å²) in [4.78, 5) is 10.4. The number of hydrogen-bond donors (Lipinski definition) is 2. The summed E-state index contributed by atoms with van der Waals surface area (Å²) in [6, 6.07) is 8.15. The SMILES string of the molecule is CCNC(=NCc1cccc(OCC(C)C)c1)NCc1sc(C)nc1C.I. The number of guanidine groups is 1. The third-order valence-corrected chi connectivity index (χ3v) is 4.73. The first-order valence-electron chi connectivity index (χ1n) is 9.14. The summed E-state index contributed by atoms with van der Waals surface area (Å²) >= 11 is 1.73. The Bertz CT molecular complexity index is 731. The smallest absolute Gasteiger partial charge is 0.191 e. The third-order valence-electron chi connectivity index (χ3n) is 3.66. The van der Waals surface area contributed by atoms with Crippen LogP contribution in [-0.4, -0.2) is 24.1 Å². The van der Waals surface area contributed by atoms with Crippen LogP contribution in [0.1, 0.15) is 41.9 Å². The molecule has 0 radical (unpaired) electrons. The van der Waals surface area contributed by atoms with Gasteiger partial charge >= 0.3 is 0 Å². The average Bonchev–Trinajstić information content (AvgIpc) is 2.93. The van der Waals surface area contributed by atoms with Crippen molar-refractivity contribution in [2.24, 2.45) is 10.9 Å². The Hall–Kier alpha value is -1.35. The molecule has 2 rings (SSSR count). The zero-order chi connectivity index (χ0) is 18.9. The minimum Gasteiger partial charge on any atom is -0.493 e. The zero-order valence-corrected chi connectivity index (χ0v) is 20.0. The van der Waals surface area contributed by atoms with Gasteiger partial charge in [-0.05, 0) is 44.4 Å². The Morgan fingerprint density at radius 3 is 2.67 bits per heavy atom. The van der Waals surface area contributed by atoms with Crippen molar-refractivity contribution in [2.45, 2.75) is 47.7 Å². The minimum absolute atomic E-state index is 0. The van der Waals surface area contributed by atoms with E-state index in [0.29, 0.717) is 12.5 Å². The van der Waals surface area contributed by atoms with Gasteiger partial charge in [-0.1, -0.05) is 26.0 Å². The highest BCUT2D eigenvalue weighted by Gasteiger charge is 2.06. The van der Waals surface area contributed by atoms with Gasteiger partial charge in [-0.15, -0.1) is 35.3 Å². The highest BCUT2D eigenvalue weighted by molar-refractivity contribution is 14.0. The first-order valence-corrected chi connectivity index (χ1v) is 9.96. The van der Waals surface area contributed by atoms with Crippen molar-refractivity contribution in [1.82, 2.24) is 15.6 Å². The second-order valence-electron chi connectivity index (χ2n) is 6.64. The molecule has 0 saturated carbocycles. The molecule has 0 aliphatic heterocycles. The minimum atomic E-state index is 0. The molecule has 0 aliphatic carbocycles. The van der Waals surface area contributed by atoms with Crippen LogP contribution in [0.25, 0.3) is 0 Å². The van der Waals surface area contributed by atoms with Gasteiger partial charge < -0.3 is 15.4 Å². The number of rotatable bonds is 8. The van der Waals surface area contributed by atoms with Crippen LogP contribution in [0.3, 0.4) is 0 Å². The van der Waals surface area contributed by atoms with Crippen LogP contribution in [0.5, 0.6) is 5.75 Å². The van der Waals surface area contributed by atoms with Crippen molar-refractivity contribution in [3.05, 3.63) is 45.4 Å². The maximum Gasteiger partial charge on any atom is 0.191 e. The number of hydrogen-bond acceptors (Lipinski definition) is 4. The van der Waals surface area contributed by atoms with Gasteiger partial charge in [-0.3, -0.25) is 0 Å². The van der Waals surface area contributed by atoms with Crippen LogP contribution in [0.15, 0.2) is 29.3 Å². The Balaban J connectivity index is 0.00000364. The van der Waals surface area contributed by atoms with Crippen molar-refractivity contribution < 1.29 is 4.74 Å². The number of aliphatic imine (C=N–C) groups is 1. The van der Waals surface area contributed by atoms with E-state index in [1.165, 1.54) is 4.88 Å². The number of halogens is 1. The topological polar surface area (TPSA) is 58.5 Å². The van der Waals surface area contributed by atoms with E-state index in [2.05, 4.69) is 48.5 Å². The zero-order valence-electron chi connectivity index (χ0n) is 16.8. The Morgan fingerprint density at radius 2 is 2.04 bits per heavy atom. The standard InChI is InChI=1S/C20H30N4OS.HI/c1-6-21-20(23-12-19-15(4)24-16(5)26-19)22-11-17-8-7-9-18(10-17)25-13-14(2)3;/h7-10,14H,6,11-13H2,1-5H3,(H2,21,22,23);1H. The average molecular weight is 502 g/mol. The van der Waals surface area contributed by atoms with Gasteiger partial charge in [0.15, 0.2) is 5.96 Å². The number of nitrogens with one attached hydrogen (secondary N) is 2. The molecule has 1 aromatic heterocycles. The summed E-state index contributed by atoms with van der Waals surface area (Å²) in [7, 11) is 0. The first-order chi connectivity index (χ1) is 12.5. The molecule has 1 aromatic carbocycles. The molecule has 0 fully saturated rings. The van der Waals surface area contributed by atoms with Gasteiger partial charge in [-0.25, -0.2) is 9.98 Å². The van der Waals surface area contributed by atoms with Crippen LogP contribution < -0.4 is 15.4 Å². The molecule has 0 aliphatic rings. The first kappa shape index (κ1) is 23.7. The molecule has 0 amide bonds. The van der Waals surface area contributed by atoms with Crippen LogP contribution >= 0.6 is 35.3 Å². The van der Waals surface area contributed by atoms with Crippen LogP contribution in [0.2, 0.25) is 0 Å². The van der Waals surface area contributed by atoms with Crippen molar-refractivity contribution in [2.75, 3.05) is 13.2 Å². The molecular weight excluding hydrogens is 471 g/mol. The molecule has 5 nitrogen and oxygen atoms in total. The van der Waals surface area contributed by atoms with E-state index < -0.39 is 0 Å². The largest absolute Gasteiger partial charge is 0.493 e. The van der Waals surface area contributed by atoms with Gasteiger partial charge in [0.05, 0.1) is 30.4 Å². The summed E-state index contributed by atoms with van der Waals surface area (Å²) in [5.41, 5.74) is 2.22. The summed E-state index contributed by atoms with van der Waals surface area (Å²) < 4.78 is 5.80. The summed E-state index contributed by atoms with van der Waals surface area (Å²) in [6.45, 7) is 13.3. The molecular formula is C20H31IN4OS. The third kappa shape index (κ3) is 8.47. The Kier molecular flexibility index (Phi) is 10.7. The van der Waals surface area contributed by atoms with Gasteiger partial charge in [-0.2, -0.15) is 0 Å². The Morgan fingerprint density at radius 1 is 1.26 bits per heavy atom. The number of thiazole rings is 1.